The summed E-state index contributed by atoms with van der Waals surface area (Å²) in [5, 5.41) is 2.90. The fourth-order valence-corrected chi connectivity index (χ4v) is 1.92. The standard InChI is InChI=1S/C12H22N2O2/c1-3-16-9-5-7-13-12(15)14-8-4-6-11(2)10-14/h3,11H,1,4-10H2,2H3,(H,13,15). The van der Waals surface area contributed by atoms with Crippen molar-refractivity contribution in [3.05, 3.63) is 12.8 Å². The Kier molecular flexibility index (Phi) is 5.75. The zero-order valence-electron chi connectivity index (χ0n) is 10.1. The topological polar surface area (TPSA) is 41.6 Å². The van der Waals surface area contributed by atoms with Crippen LogP contribution in [0.4, 0.5) is 4.79 Å². The third kappa shape index (κ3) is 4.55. The van der Waals surface area contributed by atoms with Crippen molar-refractivity contribution >= 4 is 6.03 Å². The largest absolute Gasteiger partial charge is 0.502 e. The minimum atomic E-state index is 0.0603. The van der Waals surface area contributed by atoms with Crippen molar-refractivity contribution in [3.63, 3.8) is 0 Å². The molecule has 92 valence electrons. The number of piperidine rings is 1. The normalized spacial score (nSPS) is 20.3. The van der Waals surface area contributed by atoms with E-state index in [0.717, 1.165) is 25.9 Å². The number of carbonyl (C=O) groups excluding carboxylic acids is 1. The Morgan fingerprint density at radius 3 is 3.19 bits per heavy atom. The van der Waals surface area contributed by atoms with Gasteiger partial charge in [0.05, 0.1) is 12.9 Å². The maximum atomic E-state index is 11.7. The van der Waals surface area contributed by atoms with Gasteiger partial charge in [0.1, 0.15) is 0 Å². The molecule has 0 bridgehead atoms. The number of nitrogens with zero attached hydrogens (tertiary/aromatic N) is 1. The van der Waals surface area contributed by atoms with Crippen LogP contribution in [0, 0.1) is 5.92 Å². The summed E-state index contributed by atoms with van der Waals surface area (Å²) in [4.78, 5) is 13.6. The number of ether oxygens (including phenoxy) is 1. The number of hydrogen-bond donors (Lipinski definition) is 1. The van der Waals surface area contributed by atoms with E-state index in [9.17, 15) is 4.79 Å². The predicted molar refractivity (Wildman–Crippen MR) is 64.1 cm³/mol. The number of amides is 2. The maximum absolute atomic E-state index is 11.7. The van der Waals surface area contributed by atoms with Crippen LogP contribution in [-0.2, 0) is 4.74 Å². The van der Waals surface area contributed by atoms with E-state index in [2.05, 4.69) is 18.8 Å². The van der Waals surface area contributed by atoms with E-state index in [1.807, 2.05) is 4.90 Å². The van der Waals surface area contributed by atoms with Crippen LogP contribution in [-0.4, -0.2) is 37.2 Å². The number of nitrogens with one attached hydrogen (secondary N) is 1. The van der Waals surface area contributed by atoms with Gasteiger partial charge in [0.25, 0.3) is 0 Å². The van der Waals surface area contributed by atoms with Crippen LogP contribution in [0.2, 0.25) is 0 Å². The highest BCUT2D eigenvalue weighted by Crippen LogP contribution is 2.14. The zero-order valence-corrected chi connectivity index (χ0v) is 10.1. The molecule has 1 atom stereocenters. The number of likely N-dealkylation sites (tertiary alicyclic amines) is 1. The molecule has 0 aromatic heterocycles. The van der Waals surface area contributed by atoms with E-state index >= 15 is 0 Å². The van der Waals surface area contributed by atoms with Gasteiger partial charge < -0.3 is 15.0 Å². The van der Waals surface area contributed by atoms with Gasteiger partial charge in [-0.3, -0.25) is 0 Å². The molecule has 0 aliphatic carbocycles. The molecule has 4 nitrogen and oxygen atoms in total. The smallest absolute Gasteiger partial charge is 0.317 e. The van der Waals surface area contributed by atoms with Gasteiger partial charge in [0, 0.05) is 19.6 Å². The first kappa shape index (κ1) is 12.9. The summed E-state index contributed by atoms with van der Waals surface area (Å²) in [5.41, 5.74) is 0. The number of urea groups is 1. The van der Waals surface area contributed by atoms with Crippen molar-refractivity contribution in [2.24, 2.45) is 5.92 Å². The average molecular weight is 226 g/mol. The fraction of sp³-hybridized carbons (Fsp3) is 0.750. The lowest BCUT2D eigenvalue weighted by Crippen LogP contribution is -2.45. The Morgan fingerprint density at radius 2 is 2.50 bits per heavy atom. The molecule has 16 heavy (non-hydrogen) atoms. The highest BCUT2D eigenvalue weighted by Gasteiger charge is 2.20. The van der Waals surface area contributed by atoms with E-state index in [0.29, 0.717) is 19.1 Å². The van der Waals surface area contributed by atoms with E-state index in [1.54, 1.807) is 0 Å². The minimum absolute atomic E-state index is 0.0603. The van der Waals surface area contributed by atoms with Gasteiger partial charge in [-0.2, -0.15) is 0 Å². The van der Waals surface area contributed by atoms with Crippen molar-refractivity contribution in [3.8, 4) is 0 Å². The molecule has 0 radical (unpaired) electrons. The summed E-state index contributed by atoms with van der Waals surface area (Å²) in [5.74, 6) is 0.628. The lowest BCUT2D eigenvalue weighted by Gasteiger charge is -2.30. The molecular formula is C12H22N2O2. The molecule has 1 rings (SSSR count). The molecule has 0 aromatic carbocycles. The zero-order chi connectivity index (χ0) is 11.8. The van der Waals surface area contributed by atoms with E-state index in [-0.39, 0.29) is 6.03 Å². The summed E-state index contributed by atoms with van der Waals surface area (Å²) < 4.78 is 4.98. The van der Waals surface area contributed by atoms with Gasteiger partial charge in [-0.1, -0.05) is 13.5 Å². The second-order valence-electron chi connectivity index (χ2n) is 4.32. The van der Waals surface area contributed by atoms with Crippen LogP contribution < -0.4 is 5.32 Å². The number of hydrogen-bond acceptors (Lipinski definition) is 2. The van der Waals surface area contributed by atoms with Gasteiger partial charge in [0.2, 0.25) is 0 Å². The summed E-state index contributed by atoms with van der Waals surface area (Å²) in [6.07, 6.45) is 4.60. The predicted octanol–water partition coefficient (Wildman–Crippen LogP) is 1.98. The molecule has 0 aromatic rings. The Hall–Kier alpha value is -1.19. The number of rotatable bonds is 5. The van der Waals surface area contributed by atoms with Crippen LogP contribution in [0.5, 0.6) is 0 Å². The monoisotopic (exact) mass is 226 g/mol. The molecule has 0 spiro atoms. The first-order valence-corrected chi connectivity index (χ1v) is 5.99. The Labute approximate surface area is 97.6 Å². The highest BCUT2D eigenvalue weighted by molar-refractivity contribution is 5.74. The summed E-state index contributed by atoms with van der Waals surface area (Å²) >= 11 is 0. The van der Waals surface area contributed by atoms with Crippen LogP contribution in [0.25, 0.3) is 0 Å². The summed E-state index contributed by atoms with van der Waals surface area (Å²) in [6, 6.07) is 0.0603. The second-order valence-corrected chi connectivity index (χ2v) is 4.32. The van der Waals surface area contributed by atoms with E-state index < -0.39 is 0 Å². The second kappa shape index (κ2) is 7.14. The van der Waals surface area contributed by atoms with Gasteiger partial charge in [-0.15, -0.1) is 0 Å². The summed E-state index contributed by atoms with van der Waals surface area (Å²) in [7, 11) is 0. The molecule has 2 amide bonds. The Morgan fingerprint density at radius 1 is 1.69 bits per heavy atom. The van der Waals surface area contributed by atoms with Crippen molar-refractivity contribution in [1.29, 1.82) is 0 Å². The lowest BCUT2D eigenvalue weighted by molar-refractivity contribution is 0.168. The minimum Gasteiger partial charge on any atom is -0.502 e. The van der Waals surface area contributed by atoms with Gasteiger partial charge in [-0.05, 0) is 25.2 Å². The van der Waals surface area contributed by atoms with Crippen LogP contribution in [0.3, 0.4) is 0 Å². The van der Waals surface area contributed by atoms with Crippen LogP contribution in [0.1, 0.15) is 26.2 Å². The average Bonchev–Trinajstić information content (AvgIpc) is 2.28. The van der Waals surface area contributed by atoms with Crippen molar-refractivity contribution in [2.75, 3.05) is 26.2 Å². The van der Waals surface area contributed by atoms with Crippen molar-refractivity contribution in [1.82, 2.24) is 10.2 Å². The molecule has 1 fully saturated rings. The lowest BCUT2D eigenvalue weighted by atomic mass is 10.0. The molecule has 4 heteroatoms. The van der Waals surface area contributed by atoms with Gasteiger partial charge in [0.15, 0.2) is 0 Å². The summed E-state index contributed by atoms with van der Waals surface area (Å²) in [6.45, 7) is 8.70. The maximum Gasteiger partial charge on any atom is 0.317 e. The molecule has 1 aliphatic heterocycles. The highest BCUT2D eigenvalue weighted by atomic mass is 16.5. The molecule has 1 N–H and O–H groups in total. The molecule has 1 aliphatic rings. The van der Waals surface area contributed by atoms with Gasteiger partial charge in [-0.25, -0.2) is 4.79 Å². The third-order valence-electron chi connectivity index (χ3n) is 2.78. The van der Waals surface area contributed by atoms with Crippen LogP contribution in [0.15, 0.2) is 12.8 Å². The number of carbonyl (C=O) groups is 1. The molecule has 1 saturated heterocycles. The SMILES string of the molecule is C=COCCCNC(=O)N1CCCC(C)C1. The van der Waals surface area contributed by atoms with E-state index in [1.165, 1.54) is 12.7 Å². The first-order valence-electron chi connectivity index (χ1n) is 5.99. The first-order chi connectivity index (χ1) is 7.74. The van der Waals surface area contributed by atoms with Crippen molar-refractivity contribution in [2.45, 2.75) is 26.2 Å². The molecular weight excluding hydrogens is 204 g/mol. The Balaban J connectivity index is 2.11. The molecule has 1 heterocycles. The fourth-order valence-electron chi connectivity index (χ4n) is 1.92. The van der Waals surface area contributed by atoms with Crippen molar-refractivity contribution < 1.29 is 9.53 Å². The third-order valence-corrected chi connectivity index (χ3v) is 2.78. The van der Waals surface area contributed by atoms with Gasteiger partial charge >= 0.3 is 6.03 Å². The molecule has 1 unspecified atom stereocenters. The quantitative estimate of drug-likeness (QED) is 0.575. The van der Waals surface area contributed by atoms with Crippen LogP contribution >= 0.6 is 0 Å². The molecule has 0 saturated carbocycles. The van der Waals surface area contributed by atoms with E-state index in [4.69, 9.17) is 4.74 Å². The Bertz CT molecular complexity index is 231.